The number of nitrogens with zero attached hydrogens (tertiary/aromatic N) is 1. The fraction of sp³-hybridized carbons (Fsp3) is 0.500. The Morgan fingerprint density at radius 2 is 2.00 bits per heavy atom. The second-order valence-corrected chi connectivity index (χ2v) is 7.28. The number of carbonyl (C=O) groups excluding carboxylic acids is 1. The molecule has 9 heteroatoms. The van der Waals surface area contributed by atoms with Crippen LogP contribution < -0.4 is 10.5 Å². The van der Waals surface area contributed by atoms with Crippen molar-refractivity contribution in [2.45, 2.75) is 37.3 Å². The highest BCUT2D eigenvalue weighted by molar-refractivity contribution is 7.89. The molecule has 0 aliphatic carbocycles. The van der Waals surface area contributed by atoms with Gasteiger partial charge in [0.05, 0.1) is 5.92 Å². The Morgan fingerprint density at radius 3 is 2.61 bits per heavy atom. The average molecular weight is 348 g/mol. The van der Waals surface area contributed by atoms with Gasteiger partial charge >= 0.3 is 6.61 Å². The largest absolute Gasteiger partial charge is 0.433 e. The first-order valence-electron chi connectivity index (χ1n) is 7.08. The molecule has 1 saturated heterocycles. The lowest BCUT2D eigenvalue weighted by Crippen LogP contribution is -2.48. The van der Waals surface area contributed by atoms with Gasteiger partial charge in [-0.15, -0.1) is 0 Å². The van der Waals surface area contributed by atoms with Crippen molar-refractivity contribution >= 4 is 15.9 Å². The Kier molecular flexibility index (Phi) is 5.20. The van der Waals surface area contributed by atoms with Gasteiger partial charge in [0.2, 0.25) is 15.9 Å². The average Bonchev–Trinajstić information content (AvgIpc) is 2.47. The first-order valence-corrected chi connectivity index (χ1v) is 8.52. The third-order valence-corrected chi connectivity index (χ3v) is 5.90. The molecule has 1 heterocycles. The Hall–Kier alpha value is -1.74. The summed E-state index contributed by atoms with van der Waals surface area (Å²) in [4.78, 5) is 11.0. The van der Waals surface area contributed by atoms with Gasteiger partial charge in [0.25, 0.3) is 0 Å². The molecular weight excluding hydrogens is 330 g/mol. The van der Waals surface area contributed by atoms with Gasteiger partial charge in [0, 0.05) is 12.6 Å². The molecule has 0 spiro atoms. The Labute approximate surface area is 133 Å². The van der Waals surface area contributed by atoms with E-state index in [4.69, 9.17) is 5.73 Å². The molecule has 0 radical (unpaired) electrons. The van der Waals surface area contributed by atoms with Gasteiger partial charge in [0.1, 0.15) is 10.6 Å². The lowest BCUT2D eigenvalue weighted by atomic mass is 9.95. The predicted octanol–water partition coefficient (Wildman–Crippen LogP) is 1.56. The van der Waals surface area contributed by atoms with E-state index in [1.54, 1.807) is 6.92 Å². The number of hydrogen-bond acceptors (Lipinski definition) is 4. The maximum atomic E-state index is 12.8. The molecular formula is C14H18F2N2O4S. The number of sulfonamides is 1. The second kappa shape index (κ2) is 6.79. The van der Waals surface area contributed by atoms with Gasteiger partial charge in [-0.25, -0.2) is 8.42 Å². The van der Waals surface area contributed by atoms with Crippen molar-refractivity contribution in [3.63, 3.8) is 0 Å². The van der Waals surface area contributed by atoms with E-state index in [1.807, 2.05) is 0 Å². The van der Waals surface area contributed by atoms with Crippen LogP contribution >= 0.6 is 0 Å². The number of halogens is 2. The standard InChI is InChI=1S/C14H18F2N2O4S/c1-9-6-7-10(13(17)19)8-18(9)23(20,21)12-5-3-2-4-11(12)22-14(15)16/h2-5,9-10,14H,6-8H2,1H3,(H2,17,19)/t9-,10-/m0/s1. The number of piperidine rings is 1. The van der Waals surface area contributed by atoms with Gasteiger partial charge in [0.15, 0.2) is 0 Å². The summed E-state index contributed by atoms with van der Waals surface area (Å²) in [6.07, 6.45) is 0.961. The van der Waals surface area contributed by atoms with Crippen molar-refractivity contribution < 1.29 is 26.7 Å². The topological polar surface area (TPSA) is 89.7 Å². The zero-order valence-corrected chi connectivity index (χ0v) is 13.3. The van der Waals surface area contributed by atoms with Crippen LogP contribution in [-0.2, 0) is 14.8 Å². The SMILES string of the molecule is C[C@H]1CC[C@H](C(N)=O)CN1S(=O)(=O)c1ccccc1OC(F)F. The van der Waals surface area contributed by atoms with Crippen LogP contribution in [0.5, 0.6) is 5.75 Å². The van der Waals surface area contributed by atoms with Crippen molar-refractivity contribution in [1.82, 2.24) is 4.31 Å². The van der Waals surface area contributed by atoms with Gasteiger partial charge < -0.3 is 10.5 Å². The first kappa shape index (κ1) is 17.6. The second-order valence-electron chi connectivity index (χ2n) is 5.43. The quantitative estimate of drug-likeness (QED) is 0.874. The third kappa shape index (κ3) is 3.78. The van der Waals surface area contributed by atoms with Crippen LogP contribution in [0.2, 0.25) is 0 Å². The number of ether oxygens (including phenoxy) is 1. The van der Waals surface area contributed by atoms with E-state index in [0.29, 0.717) is 12.8 Å². The molecule has 128 valence electrons. The molecule has 0 unspecified atom stereocenters. The van der Waals surface area contributed by atoms with E-state index in [9.17, 15) is 22.0 Å². The Bertz CT molecular complexity index is 681. The normalized spacial score (nSPS) is 23.0. The van der Waals surface area contributed by atoms with Crippen LogP contribution in [0, 0.1) is 5.92 Å². The first-order chi connectivity index (χ1) is 10.7. The smallest absolute Gasteiger partial charge is 0.387 e. The molecule has 23 heavy (non-hydrogen) atoms. The predicted molar refractivity (Wildman–Crippen MR) is 78.3 cm³/mol. The number of primary amides is 1. The van der Waals surface area contributed by atoms with Crippen LogP contribution in [0.15, 0.2) is 29.2 Å². The van der Waals surface area contributed by atoms with Crippen LogP contribution in [-0.4, -0.2) is 37.8 Å². The minimum absolute atomic E-state index is 0.0676. The van der Waals surface area contributed by atoms with Crippen molar-refractivity contribution in [2.24, 2.45) is 11.7 Å². The van der Waals surface area contributed by atoms with E-state index in [2.05, 4.69) is 4.74 Å². The number of benzene rings is 1. The lowest BCUT2D eigenvalue weighted by Gasteiger charge is -2.36. The van der Waals surface area contributed by atoms with E-state index in [0.717, 1.165) is 4.31 Å². The molecule has 1 aromatic carbocycles. The summed E-state index contributed by atoms with van der Waals surface area (Å²) in [5.74, 6) is -1.59. The van der Waals surface area contributed by atoms with Crippen molar-refractivity contribution in [1.29, 1.82) is 0 Å². The summed E-state index contributed by atoms with van der Waals surface area (Å²) < 4.78 is 56.0. The fourth-order valence-corrected chi connectivity index (χ4v) is 4.45. The van der Waals surface area contributed by atoms with Crippen molar-refractivity contribution in [3.05, 3.63) is 24.3 Å². The van der Waals surface area contributed by atoms with E-state index in [-0.39, 0.29) is 17.5 Å². The highest BCUT2D eigenvalue weighted by atomic mass is 32.2. The molecule has 0 saturated carbocycles. The molecule has 1 aliphatic rings. The number of hydrogen-bond donors (Lipinski definition) is 1. The van der Waals surface area contributed by atoms with Gasteiger partial charge in [-0.1, -0.05) is 12.1 Å². The summed E-state index contributed by atoms with van der Waals surface area (Å²) in [6.45, 7) is -1.50. The maximum absolute atomic E-state index is 12.8. The number of amides is 1. The van der Waals surface area contributed by atoms with Gasteiger partial charge in [-0.2, -0.15) is 13.1 Å². The monoisotopic (exact) mass is 348 g/mol. The molecule has 0 bridgehead atoms. The van der Waals surface area contributed by atoms with Crippen LogP contribution in [0.25, 0.3) is 0 Å². The number of rotatable bonds is 5. The van der Waals surface area contributed by atoms with E-state index >= 15 is 0 Å². The van der Waals surface area contributed by atoms with Gasteiger partial charge in [-0.3, -0.25) is 4.79 Å². The van der Waals surface area contributed by atoms with E-state index < -0.39 is 34.2 Å². The Morgan fingerprint density at radius 1 is 1.35 bits per heavy atom. The number of carbonyl (C=O) groups is 1. The Balaban J connectivity index is 2.39. The summed E-state index contributed by atoms with van der Waals surface area (Å²) in [5, 5.41) is 0. The fourth-order valence-electron chi connectivity index (χ4n) is 2.63. The summed E-state index contributed by atoms with van der Waals surface area (Å²) in [6, 6.07) is 4.83. The summed E-state index contributed by atoms with van der Waals surface area (Å²) in [5.41, 5.74) is 5.27. The number of para-hydroxylation sites is 1. The molecule has 2 atom stereocenters. The minimum atomic E-state index is -4.09. The van der Waals surface area contributed by atoms with Crippen LogP contribution in [0.4, 0.5) is 8.78 Å². The maximum Gasteiger partial charge on any atom is 0.387 e. The number of alkyl halides is 2. The van der Waals surface area contributed by atoms with Crippen molar-refractivity contribution in [3.8, 4) is 5.75 Å². The van der Waals surface area contributed by atoms with E-state index in [1.165, 1.54) is 24.3 Å². The summed E-state index contributed by atoms with van der Waals surface area (Å²) >= 11 is 0. The highest BCUT2D eigenvalue weighted by Gasteiger charge is 2.38. The van der Waals surface area contributed by atoms with Crippen molar-refractivity contribution in [2.75, 3.05) is 6.54 Å². The molecule has 1 aromatic rings. The molecule has 1 aliphatic heterocycles. The van der Waals surface area contributed by atoms with Gasteiger partial charge in [-0.05, 0) is 31.9 Å². The van der Waals surface area contributed by atoms with Crippen LogP contribution in [0.3, 0.4) is 0 Å². The molecule has 1 fully saturated rings. The van der Waals surface area contributed by atoms with Crippen LogP contribution in [0.1, 0.15) is 19.8 Å². The third-order valence-electron chi connectivity index (χ3n) is 3.88. The zero-order valence-electron chi connectivity index (χ0n) is 12.5. The molecule has 0 aromatic heterocycles. The number of nitrogens with two attached hydrogens (primary N) is 1. The molecule has 2 rings (SSSR count). The molecule has 2 N–H and O–H groups in total. The molecule has 6 nitrogen and oxygen atoms in total. The lowest BCUT2D eigenvalue weighted by molar-refractivity contribution is -0.123. The molecule has 1 amide bonds. The highest BCUT2D eigenvalue weighted by Crippen LogP contribution is 2.32. The zero-order chi connectivity index (χ0) is 17.2. The minimum Gasteiger partial charge on any atom is -0.433 e. The summed E-state index contributed by atoms with van der Waals surface area (Å²) in [7, 11) is -4.09.